The zero-order valence-electron chi connectivity index (χ0n) is 11.5. The van der Waals surface area contributed by atoms with Crippen molar-refractivity contribution >= 4 is 0 Å². The van der Waals surface area contributed by atoms with Crippen molar-refractivity contribution in [2.45, 2.75) is 31.0 Å². The Morgan fingerprint density at radius 1 is 0.700 bits per heavy atom. The Morgan fingerprint density at radius 2 is 1.05 bits per heavy atom. The van der Waals surface area contributed by atoms with Gasteiger partial charge < -0.3 is 16.6 Å². The summed E-state index contributed by atoms with van der Waals surface area (Å²) >= 11 is 0. The Kier molecular flexibility index (Phi) is 5.30. The Morgan fingerprint density at radius 3 is 1.40 bits per heavy atom. The number of aliphatic hydroxyl groups is 1. The first-order chi connectivity index (χ1) is 9.66. The first-order valence-electron chi connectivity index (χ1n) is 6.94. The third-order valence-electron chi connectivity index (χ3n) is 3.51. The summed E-state index contributed by atoms with van der Waals surface area (Å²) in [5.41, 5.74) is 14.4. The predicted octanol–water partition coefficient (Wildman–Crippen LogP) is 1.49. The first kappa shape index (κ1) is 14.7. The number of benzene rings is 2. The lowest BCUT2D eigenvalue weighted by Gasteiger charge is -2.25. The van der Waals surface area contributed by atoms with Crippen molar-refractivity contribution in [1.82, 2.24) is 0 Å². The van der Waals surface area contributed by atoms with Crippen LogP contribution in [0.4, 0.5) is 0 Å². The minimum Gasteiger partial charge on any atom is -0.390 e. The number of hydrogen-bond donors (Lipinski definition) is 3. The van der Waals surface area contributed by atoms with Crippen LogP contribution < -0.4 is 11.5 Å². The number of aliphatic hydroxyl groups excluding tert-OH is 1. The van der Waals surface area contributed by atoms with Gasteiger partial charge in [-0.2, -0.15) is 0 Å². The largest absolute Gasteiger partial charge is 0.390 e. The van der Waals surface area contributed by atoms with E-state index < -0.39 is 6.10 Å². The number of nitrogens with two attached hydrogens (primary N) is 2. The van der Waals surface area contributed by atoms with Crippen LogP contribution in [0.15, 0.2) is 60.7 Å². The lowest BCUT2D eigenvalue weighted by molar-refractivity contribution is 0.116. The molecule has 0 aliphatic rings. The third-order valence-corrected chi connectivity index (χ3v) is 3.51. The maximum absolute atomic E-state index is 10.3. The highest BCUT2D eigenvalue weighted by atomic mass is 16.3. The molecule has 0 fully saturated rings. The van der Waals surface area contributed by atoms with Crippen LogP contribution in [0.1, 0.15) is 11.1 Å². The summed E-state index contributed by atoms with van der Waals surface area (Å²) < 4.78 is 0. The molecular formula is C17H22N2O. The number of hydrogen-bond acceptors (Lipinski definition) is 3. The van der Waals surface area contributed by atoms with E-state index in [-0.39, 0.29) is 12.1 Å². The van der Waals surface area contributed by atoms with Crippen LogP contribution in [0.5, 0.6) is 0 Å². The lowest BCUT2D eigenvalue weighted by atomic mass is 9.94. The molecule has 106 valence electrons. The normalized spacial score (nSPS) is 14.2. The van der Waals surface area contributed by atoms with Crippen molar-refractivity contribution in [3.05, 3.63) is 71.8 Å². The van der Waals surface area contributed by atoms with Crippen LogP contribution in [0.3, 0.4) is 0 Å². The summed E-state index contributed by atoms with van der Waals surface area (Å²) in [5.74, 6) is 0. The van der Waals surface area contributed by atoms with Crippen LogP contribution in [-0.4, -0.2) is 23.3 Å². The standard InChI is InChI=1S/C17H22N2O/c18-15(11-13-7-3-1-4-8-13)17(20)16(19)12-14-9-5-2-6-10-14/h1-10,15-17,20H,11-12,18-19H2/t15-,16-/m1/s1. The first-order valence-corrected chi connectivity index (χ1v) is 6.94. The molecule has 3 heteroatoms. The molecule has 0 saturated carbocycles. The van der Waals surface area contributed by atoms with Gasteiger partial charge in [-0.25, -0.2) is 0 Å². The minimum absolute atomic E-state index is 0.351. The van der Waals surface area contributed by atoms with Gasteiger partial charge in [-0.05, 0) is 24.0 Å². The molecule has 2 aromatic carbocycles. The van der Waals surface area contributed by atoms with E-state index in [9.17, 15) is 5.11 Å². The topological polar surface area (TPSA) is 72.3 Å². The SMILES string of the molecule is N[C@H](Cc1ccccc1)C(O)[C@H](N)Cc1ccccc1. The van der Waals surface area contributed by atoms with Gasteiger partial charge in [-0.15, -0.1) is 0 Å². The molecule has 2 atom stereocenters. The quantitative estimate of drug-likeness (QED) is 0.744. The van der Waals surface area contributed by atoms with Gasteiger partial charge in [-0.1, -0.05) is 60.7 Å². The van der Waals surface area contributed by atoms with Gasteiger partial charge in [0.25, 0.3) is 0 Å². The van der Waals surface area contributed by atoms with Gasteiger partial charge in [0.2, 0.25) is 0 Å². The molecular weight excluding hydrogens is 248 g/mol. The highest BCUT2D eigenvalue weighted by molar-refractivity contribution is 5.18. The second-order valence-electron chi connectivity index (χ2n) is 5.20. The Bertz CT molecular complexity index is 453. The van der Waals surface area contributed by atoms with Crippen molar-refractivity contribution in [3.8, 4) is 0 Å². The molecule has 0 radical (unpaired) electrons. The molecule has 0 bridgehead atoms. The fourth-order valence-electron chi connectivity index (χ4n) is 2.33. The lowest BCUT2D eigenvalue weighted by Crippen LogP contribution is -2.49. The van der Waals surface area contributed by atoms with Gasteiger partial charge in [0.15, 0.2) is 0 Å². The van der Waals surface area contributed by atoms with Crippen molar-refractivity contribution in [3.63, 3.8) is 0 Å². The molecule has 0 aromatic heterocycles. The van der Waals surface area contributed by atoms with Crippen molar-refractivity contribution in [1.29, 1.82) is 0 Å². The summed E-state index contributed by atoms with van der Waals surface area (Å²) in [5, 5.41) is 10.3. The molecule has 0 spiro atoms. The van der Waals surface area contributed by atoms with Crippen molar-refractivity contribution < 1.29 is 5.11 Å². The van der Waals surface area contributed by atoms with Crippen LogP contribution >= 0.6 is 0 Å². The van der Waals surface area contributed by atoms with Crippen molar-refractivity contribution in [2.24, 2.45) is 11.5 Å². The molecule has 0 unspecified atom stereocenters. The third kappa shape index (κ3) is 4.17. The summed E-state index contributed by atoms with van der Waals surface area (Å²) in [7, 11) is 0. The van der Waals surface area contributed by atoms with Gasteiger partial charge in [-0.3, -0.25) is 0 Å². The molecule has 2 aromatic rings. The minimum atomic E-state index is -0.713. The highest BCUT2D eigenvalue weighted by Gasteiger charge is 2.22. The van der Waals surface area contributed by atoms with E-state index in [1.807, 2.05) is 60.7 Å². The fraction of sp³-hybridized carbons (Fsp3) is 0.294. The summed E-state index contributed by atoms with van der Waals surface area (Å²) in [4.78, 5) is 0. The van der Waals surface area contributed by atoms with E-state index >= 15 is 0 Å². The molecule has 0 aliphatic carbocycles. The van der Waals surface area contributed by atoms with Gasteiger partial charge in [0, 0.05) is 12.1 Å². The molecule has 5 N–H and O–H groups in total. The van der Waals surface area contributed by atoms with Crippen LogP contribution in [0.25, 0.3) is 0 Å². The maximum Gasteiger partial charge on any atom is 0.0848 e. The Hall–Kier alpha value is -1.68. The number of rotatable bonds is 6. The van der Waals surface area contributed by atoms with E-state index in [4.69, 9.17) is 11.5 Å². The molecule has 0 aliphatic heterocycles. The van der Waals surface area contributed by atoms with Gasteiger partial charge in [0.1, 0.15) is 0 Å². The van der Waals surface area contributed by atoms with E-state index in [0.29, 0.717) is 12.8 Å². The molecule has 2 rings (SSSR count). The molecule has 0 heterocycles. The van der Waals surface area contributed by atoms with Crippen LogP contribution in [0, 0.1) is 0 Å². The molecule has 0 saturated heterocycles. The average molecular weight is 270 g/mol. The molecule has 20 heavy (non-hydrogen) atoms. The second kappa shape index (κ2) is 7.20. The summed E-state index contributed by atoms with van der Waals surface area (Å²) in [6.07, 6.45) is 0.546. The van der Waals surface area contributed by atoms with Crippen molar-refractivity contribution in [2.75, 3.05) is 0 Å². The monoisotopic (exact) mass is 270 g/mol. The average Bonchev–Trinajstić information content (AvgIpc) is 2.48. The Balaban J connectivity index is 1.91. The summed E-state index contributed by atoms with van der Waals surface area (Å²) in [6.45, 7) is 0. The van der Waals surface area contributed by atoms with E-state index in [0.717, 1.165) is 11.1 Å². The predicted molar refractivity (Wildman–Crippen MR) is 82.2 cm³/mol. The zero-order chi connectivity index (χ0) is 14.4. The van der Waals surface area contributed by atoms with Gasteiger partial charge in [0.05, 0.1) is 6.10 Å². The van der Waals surface area contributed by atoms with E-state index in [1.54, 1.807) is 0 Å². The van der Waals surface area contributed by atoms with E-state index in [2.05, 4.69) is 0 Å². The summed E-state index contributed by atoms with van der Waals surface area (Å²) in [6, 6.07) is 19.1. The Labute approximate surface area is 120 Å². The molecule has 0 amide bonds. The molecule has 3 nitrogen and oxygen atoms in total. The van der Waals surface area contributed by atoms with Crippen LogP contribution in [-0.2, 0) is 12.8 Å². The smallest absolute Gasteiger partial charge is 0.0848 e. The van der Waals surface area contributed by atoms with E-state index in [1.165, 1.54) is 0 Å². The highest BCUT2D eigenvalue weighted by Crippen LogP contribution is 2.10. The second-order valence-corrected chi connectivity index (χ2v) is 5.20. The van der Waals surface area contributed by atoms with Gasteiger partial charge >= 0.3 is 0 Å². The zero-order valence-corrected chi connectivity index (χ0v) is 11.5. The maximum atomic E-state index is 10.3. The fourth-order valence-corrected chi connectivity index (χ4v) is 2.33. The van der Waals surface area contributed by atoms with Crippen LogP contribution in [0.2, 0.25) is 0 Å².